The zero-order valence-electron chi connectivity index (χ0n) is 8.46. The Kier molecular flexibility index (Phi) is 2.85. The Hall–Kier alpha value is -1.43. The van der Waals surface area contributed by atoms with E-state index < -0.39 is 11.5 Å². The summed E-state index contributed by atoms with van der Waals surface area (Å²) in [6.45, 7) is 3.52. The first-order valence-electron chi connectivity index (χ1n) is 4.28. The van der Waals surface area contributed by atoms with Crippen molar-refractivity contribution in [1.29, 1.82) is 0 Å². The quantitative estimate of drug-likeness (QED) is 0.634. The molecule has 1 unspecified atom stereocenters. The Labute approximate surface area is 81.7 Å². The normalized spacial score (nSPS) is 15.1. The van der Waals surface area contributed by atoms with E-state index in [9.17, 15) is 4.79 Å². The van der Waals surface area contributed by atoms with Crippen LogP contribution in [0.5, 0.6) is 0 Å². The molecule has 0 bridgehead atoms. The molecule has 0 fully saturated rings. The molecular weight excluding hydrogens is 184 g/mol. The molecule has 0 radical (unpaired) electrons. The number of hydrogen-bond acceptors (Lipinski definition) is 4. The van der Waals surface area contributed by atoms with Crippen LogP contribution in [0.2, 0.25) is 0 Å². The molecule has 6 nitrogen and oxygen atoms in total. The molecule has 1 rings (SSSR count). The number of nitrogens with one attached hydrogen (secondary N) is 2. The predicted molar refractivity (Wildman–Crippen MR) is 49.8 cm³/mol. The first-order valence-corrected chi connectivity index (χ1v) is 4.28. The maximum Gasteiger partial charge on any atom is 0.305 e. The van der Waals surface area contributed by atoms with Gasteiger partial charge in [0.1, 0.15) is 5.82 Å². The number of H-pyrrole nitrogens is 1. The minimum absolute atomic E-state index is 0.0548. The van der Waals surface area contributed by atoms with E-state index in [1.165, 1.54) is 0 Å². The second-order valence-electron chi connectivity index (χ2n) is 3.40. The Morgan fingerprint density at radius 2 is 2.36 bits per heavy atom. The first kappa shape index (κ1) is 10.6. The van der Waals surface area contributed by atoms with E-state index in [-0.39, 0.29) is 6.42 Å². The van der Waals surface area contributed by atoms with Crippen molar-refractivity contribution >= 4 is 5.97 Å². The Bertz CT molecular complexity index is 336. The summed E-state index contributed by atoms with van der Waals surface area (Å²) in [5, 5.41) is 18.3. The lowest BCUT2D eigenvalue weighted by molar-refractivity contribution is -0.138. The Morgan fingerprint density at radius 3 is 2.71 bits per heavy atom. The first-order chi connectivity index (χ1) is 6.48. The molecule has 14 heavy (non-hydrogen) atoms. The van der Waals surface area contributed by atoms with Gasteiger partial charge in [-0.3, -0.25) is 9.89 Å². The summed E-state index contributed by atoms with van der Waals surface area (Å²) in [5.41, 5.74) is -0.726. The van der Waals surface area contributed by atoms with Crippen molar-refractivity contribution in [3.8, 4) is 0 Å². The fourth-order valence-corrected chi connectivity index (χ4v) is 1.17. The average Bonchev–Trinajstić information content (AvgIpc) is 2.51. The second kappa shape index (κ2) is 3.75. The lowest BCUT2D eigenvalue weighted by atomic mass is 9.97. The van der Waals surface area contributed by atoms with Crippen LogP contribution in [-0.4, -0.2) is 33.3 Å². The number of aromatic amines is 1. The van der Waals surface area contributed by atoms with Crippen molar-refractivity contribution in [2.75, 3.05) is 7.05 Å². The average molecular weight is 198 g/mol. The van der Waals surface area contributed by atoms with Gasteiger partial charge in [-0.2, -0.15) is 5.10 Å². The van der Waals surface area contributed by atoms with E-state index in [0.29, 0.717) is 11.6 Å². The summed E-state index contributed by atoms with van der Waals surface area (Å²) in [6, 6.07) is 0. The number of aliphatic carboxylic acids is 1. The summed E-state index contributed by atoms with van der Waals surface area (Å²) in [5.74, 6) is 0.260. The third kappa shape index (κ3) is 2.08. The molecule has 0 spiro atoms. The van der Waals surface area contributed by atoms with Crippen molar-refractivity contribution in [2.45, 2.75) is 25.8 Å². The number of aromatic nitrogens is 3. The number of carboxylic acids is 1. The predicted octanol–water partition coefficient (Wildman–Crippen LogP) is 0.0224. The van der Waals surface area contributed by atoms with Gasteiger partial charge in [0.25, 0.3) is 0 Å². The minimum atomic E-state index is -0.885. The van der Waals surface area contributed by atoms with Crippen LogP contribution in [0.25, 0.3) is 0 Å². The van der Waals surface area contributed by atoms with E-state index in [1.807, 2.05) is 0 Å². The van der Waals surface area contributed by atoms with E-state index in [4.69, 9.17) is 5.11 Å². The SMILES string of the molecule is CNC(C)(CC(=O)O)c1n[nH]c(C)n1. The van der Waals surface area contributed by atoms with E-state index >= 15 is 0 Å². The van der Waals surface area contributed by atoms with Gasteiger partial charge in [0.05, 0.1) is 12.0 Å². The zero-order chi connectivity index (χ0) is 10.8. The lowest BCUT2D eigenvalue weighted by Crippen LogP contribution is -2.40. The van der Waals surface area contributed by atoms with Gasteiger partial charge in [0, 0.05) is 0 Å². The molecule has 0 aromatic carbocycles. The number of carbonyl (C=O) groups is 1. The van der Waals surface area contributed by atoms with Crippen LogP contribution in [0.1, 0.15) is 25.0 Å². The molecule has 78 valence electrons. The molecule has 1 heterocycles. The zero-order valence-corrected chi connectivity index (χ0v) is 8.46. The standard InChI is InChI=1S/C8H14N4O2/c1-5-10-7(12-11-5)8(2,9-3)4-6(13)14/h9H,4H2,1-3H3,(H,13,14)(H,10,11,12). The van der Waals surface area contributed by atoms with Gasteiger partial charge in [-0.05, 0) is 20.9 Å². The summed E-state index contributed by atoms with van der Waals surface area (Å²) >= 11 is 0. The van der Waals surface area contributed by atoms with Crippen molar-refractivity contribution in [1.82, 2.24) is 20.5 Å². The molecule has 0 saturated heterocycles. The minimum Gasteiger partial charge on any atom is -0.481 e. The molecule has 0 aliphatic rings. The fraction of sp³-hybridized carbons (Fsp3) is 0.625. The summed E-state index contributed by atoms with van der Waals surface area (Å²) in [7, 11) is 1.69. The largest absolute Gasteiger partial charge is 0.481 e. The number of carboxylic acid groups (broad SMARTS) is 1. The second-order valence-corrected chi connectivity index (χ2v) is 3.40. The smallest absolute Gasteiger partial charge is 0.305 e. The number of rotatable bonds is 4. The lowest BCUT2D eigenvalue weighted by Gasteiger charge is -2.23. The third-order valence-electron chi connectivity index (χ3n) is 2.15. The van der Waals surface area contributed by atoms with Crippen molar-refractivity contribution < 1.29 is 9.90 Å². The van der Waals surface area contributed by atoms with Gasteiger partial charge in [-0.1, -0.05) is 0 Å². The molecule has 0 aliphatic carbocycles. The van der Waals surface area contributed by atoms with Gasteiger partial charge in [-0.15, -0.1) is 0 Å². The van der Waals surface area contributed by atoms with E-state index in [0.717, 1.165) is 0 Å². The topological polar surface area (TPSA) is 90.9 Å². The summed E-state index contributed by atoms with van der Waals surface area (Å²) < 4.78 is 0. The van der Waals surface area contributed by atoms with Crippen molar-refractivity contribution in [2.24, 2.45) is 0 Å². The van der Waals surface area contributed by atoms with Crippen LogP contribution in [0.3, 0.4) is 0 Å². The molecule has 0 amide bonds. The van der Waals surface area contributed by atoms with Crippen LogP contribution in [0.15, 0.2) is 0 Å². The van der Waals surface area contributed by atoms with Gasteiger partial charge < -0.3 is 10.4 Å². The summed E-state index contributed by atoms with van der Waals surface area (Å²) in [4.78, 5) is 14.8. The van der Waals surface area contributed by atoms with Crippen LogP contribution in [-0.2, 0) is 10.3 Å². The molecule has 6 heteroatoms. The molecule has 1 aromatic rings. The van der Waals surface area contributed by atoms with Gasteiger partial charge in [0.15, 0.2) is 5.82 Å². The Balaban J connectivity index is 2.94. The molecule has 1 atom stereocenters. The van der Waals surface area contributed by atoms with Crippen LogP contribution in [0.4, 0.5) is 0 Å². The van der Waals surface area contributed by atoms with Crippen LogP contribution in [0, 0.1) is 6.92 Å². The van der Waals surface area contributed by atoms with E-state index in [1.54, 1.807) is 20.9 Å². The third-order valence-corrected chi connectivity index (χ3v) is 2.15. The van der Waals surface area contributed by atoms with Gasteiger partial charge >= 0.3 is 5.97 Å². The fourth-order valence-electron chi connectivity index (χ4n) is 1.17. The van der Waals surface area contributed by atoms with Crippen LogP contribution < -0.4 is 5.32 Å². The monoisotopic (exact) mass is 198 g/mol. The van der Waals surface area contributed by atoms with Crippen LogP contribution >= 0.6 is 0 Å². The highest BCUT2D eigenvalue weighted by Crippen LogP contribution is 2.20. The Morgan fingerprint density at radius 1 is 1.71 bits per heavy atom. The maximum atomic E-state index is 10.6. The van der Waals surface area contributed by atoms with E-state index in [2.05, 4.69) is 20.5 Å². The molecule has 1 aromatic heterocycles. The number of hydrogen-bond donors (Lipinski definition) is 3. The highest BCUT2D eigenvalue weighted by atomic mass is 16.4. The highest BCUT2D eigenvalue weighted by molar-refractivity contribution is 5.68. The number of nitrogens with zero attached hydrogens (tertiary/aromatic N) is 2. The highest BCUT2D eigenvalue weighted by Gasteiger charge is 2.31. The number of aryl methyl sites for hydroxylation is 1. The maximum absolute atomic E-state index is 10.6. The molecule has 0 saturated carbocycles. The van der Waals surface area contributed by atoms with Gasteiger partial charge in [-0.25, -0.2) is 4.98 Å². The molecule has 3 N–H and O–H groups in total. The molecule has 0 aliphatic heterocycles. The van der Waals surface area contributed by atoms with Crippen molar-refractivity contribution in [3.05, 3.63) is 11.6 Å². The summed E-state index contributed by atoms with van der Waals surface area (Å²) in [6.07, 6.45) is -0.0548. The van der Waals surface area contributed by atoms with Crippen molar-refractivity contribution in [3.63, 3.8) is 0 Å². The van der Waals surface area contributed by atoms with Gasteiger partial charge in [0.2, 0.25) is 0 Å². The molecular formula is C8H14N4O2.